The van der Waals surface area contributed by atoms with E-state index in [9.17, 15) is 0 Å². The Morgan fingerprint density at radius 1 is 1.21 bits per heavy atom. The Bertz CT molecular complexity index is 379. The third-order valence-corrected chi connectivity index (χ3v) is 2.82. The molecule has 0 saturated heterocycles. The maximum Gasteiger partial charge on any atom is 0.122 e. The van der Waals surface area contributed by atoms with E-state index in [0.29, 0.717) is 0 Å². The van der Waals surface area contributed by atoms with Crippen LogP contribution in [-0.4, -0.2) is 18.7 Å². The molecule has 0 aliphatic heterocycles. The fraction of sp³-hybridized carbons (Fsp3) is 0.529. The average molecular weight is 261 g/mol. The fourth-order valence-electron chi connectivity index (χ4n) is 1.84. The first-order valence-electron chi connectivity index (χ1n) is 7.09. The van der Waals surface area contributed by atoms with Gasteiger partial charge in [-0.1, -0.05) is 24.3 Å². The van der Waals surface area contributed by atoms with Crippen LogP contribution in [0.5, 0.6) is 5.75 Å². The van der Waals surface area contributed by atoms with Crippen molar-refractivity contribution in [3.05, 3.63) is 42.5 Å². The lowest BCUT2D eigenvalue weighted by atomic mass is 10.1. The highest BCUT2D eigenvalue weighted by atomic mass is 16.5. The summed E-state index contributed by atoms with van der Waals surface area (Å²) >= 11 is 0. The van der Waals surface area contributed by atoms with E-state index in [-0.39, 0.29) is 5.54 Å². The number of nitrogens with one attached hydrogen (secondary N) is 1. The zero-order valence-corrected chi connectivity index (χ0v) is 12.5. The topological polar surface area (TPSA) is 21.3 Å². The summed E-state index contributed by atoms with van der Waals surface area (Å²) in [7, 11) is 0. The van der Waals surface area contributed by atoms with Crippen LogP contribution in [0.25, 0.3) is 0 Å². The highest BCUT2D eigenvalue weighted by Gasteiger charge is 2.07. The second-order valence-corrected chi connectivity index (χ2v) is 5.83. The van der Waals surface area contributed by atoms with Gasteiger partial charge in [0.05, 0.1) is 6.61 Å². The van der Waals surface area contributed by atoms with E-state index >= 15 is 0 Å². The predicted octanol–water partition coefficient (Wildman–Crippen LogP) is 3.96. The largest absolute Gasteiger partial charge is 0.493 e. The molecule has 0 atom stereocenters. The summed E-state index contributed by atoms with van der Waals surface area (Å²) in [5, 5.41) is 3.48. The normalized spacial score (nSPS) is 11.3. The van der Waals surface area contributed by atoms with Crippen LogP contribution >= 0.6 is 0 Å². The van der Waals surface area contributed by atoms with E-state index in [2.05, 4.69) is 38.7 Å². The highest BCUT2D eigenvalue weighted by molar-refractivity contribution is 5.34. The summed E-state index contributed by atoms with van der Waals surface area (Å²) in [6.45, 7) is 12.2. The van der Waals surface area contributed by atoms with Crippen molar-refractivity contribution in [3.8, 4) is 5.75 Å². The second kappa shape index (κ2) is 8.00. The maximum atomic E-state index is 5.85. The van der Waals surface area contributed by atoms with Crippen molar-refractivity contribution in [2.75, 3.05) is 13.2 Å². The molecule has 0 radical (unpaired) electrons. The van der Waals surface area contributed by atoms with Crippen molar-refractivity contribution in [2.24, 2.45) is 0 Å². The van der Waals surface area contributed by atoms with Gasteiger partial charge >= 0.3 is 0 Å². The predicted molar refractivity (Wildman–Crippen MR) is 82.8 cm³/mol. The molecule has 0 aromatic heterocycles. The minimum absolute atomic E-state index is 0.206. The minimum atomic E-state index is 0.206. The molecule has 1 N–H and O–H groups in total. The van der Waals surface area contributed by atoms with Crippen LogP contribution in [0.1, 0.15) is 39.2 Å². The number of benzene rings is 1. The molecular formula is C17H27NO. The SMILES string of the molecule is C=CCc1ccccc1OCCCCNC(C)(C)C. The van der Waals surface area contributed by atoms with Crippen LogP contribution in [0.3, 0.4) is 0 Å². The standard InChI is InChI=1S/C17H27NO/c1-5-10-15-11-6-7-12-16(15)19-14-9-8-13-18-17(2,3)4/h5-7,11-12,18H,1,8-10,13-14H2,2-4H3. The number of hydrogen-bond donors (Lipinski definition) is 1. The first-order valence-corrected chi connectivity index (χ1v) is 7.09. The van der Waals surface area contributed by atoms with E-state index in [1.165, 1.54) is 5.56 Å². The molecule has 0 heterocycles. The molecule has 0 spiro atoms. The van der Waals surface area contributed by atoms with Gasteiger partial charge in [-0.05, 0) is 58.2 Å². The number of hydrogen-bond acceptors (Lipinski definition) is 2. The van der Waals surface area contributed by atoms with Crippen molar-refractivity contribution < 1.29 is 4.74 Å². The number of unbranched alkanes of at least 4 members (excludes halogenated alkanes) is 1. The van der Waals surface area contributed by atoms with Crippen LogP contribution in [0.4, 0.5) is 0 Å². The van der Waals surface area contributed by atoms with Gasteiger partial charge in [-0.2, -0.15) is 0 Å². The molecule has 0 saturated carbocycles. The Kier molecular flexibility index (Phi) is 6.65. The van der Waals surface area contributed by atoms with Gasteiger partial charge in [0.2, 0.25) is 0 Å². The van der Waals surface area contributed by atoms with Gasteiger partial charge in [0.25, 0.3) is 0 Å². The maximum absolute atomic E-state index is 5.85. The lowest BCUT2D eigenvalue weighted by molar-refractivity contribution is 0.299. The van der Waals surface area contributed by atoms with E-state index in [4.69, 9.17) is 4.74 Å². The summed E-state index contributed by atoms with van der Waals surface area (Å²) in [4.78, 5) is 0. The van der Waals surface area contributed by atoms with Crippen molar-refractivity contribution in [2.45, 2.75) is 45.6 Å². The van der Waals surface area contributed by atoms with Crippen molar-refractivity contribution in [1.29, 1.82) is 0 Å². The summed E-state index contributed by atoms with van der Waals surface area (Å²) in [5.74, 6) is 0.992. The highest BCUT2D eigenvalue weighted by Crippen LogP contribution is 2.18. The molecule has 1 rings (SSSR count). The molecule has 106 valence electrons. The Labute approximate surface area is 117 Å². The van der Waals surface area contributed by atoms with Gasteiger partial charge in [-0.25, -0.2) is 0 Å². The summed E-state index contributed by atoms with van der Waals surface area (Å²) in [6, 6.07) is 8.19. The molecule has 0 unspecified atom stereocenters. The number of para-hydroxylation sites is 1. The molecule has 0 bridgehead atoms. The van der Waals surface area contributed by atoms with Gasteiger partial charge in [0, 0.05) is 5.54 Å². The third-order valence-electron chi connectivity index (χ3n) is 2.82. The zero-order valence-electron chi connectivity index (χ0n) is 12.5. The molecule has 2 nitrogen and oxygen atoms in total. The first-order chi connectivity index (χ1) is 9.03. The van der Waals surface area contributed by atoms with Crippen LogP contribution < -0.4 is 10.1 Å². The van der Waals surface area contributed by atoms with Crippen LogP contribution in [0.15, 0.2) is 36.9 Å². The van der Waals surface area contributed by atoms with E-state index in [1.54, 1.807) is 0 Å². The molecule has 19 heavy (non-hydrogen) atoms. The zero-order chi connectivity index (χ0) is 14.1. The van der Waals surface area contributed by atoms with Crippen molar-refractivity contribution in [3.63, 3.8) is 0 Å². The monoisotopic (exact) mass is 261 g/mol. The lowest BCUT2D eigenvalue weighted by Crippen LogP contribution is -2.36. The second-order valence-electron chi connectivity index (χ2n) is 5.83. The molecule has 1 aromatic carbocycles. The summed E-state index contributed by atoms with van der Waals surface area (Å²) in [6.07, 6.45) is 4.99. The number of rotatable bonds is 8. The molecule has 1 aromatic rings. The fourth-order valence-corrected chi connectivity index (χ4v) is 1.84. The molecule has 0 aliphatic rings. The number of ether oxygens (including phenoxy) is 1. The van der Waals surface area contributed by atoms with Crippen molar-refractivity contribution >= 4 is 0 Å². The molecule has 0 fully saturated rings. The average Bonchev–Trinajstić information content (AvgIpc) is 2.34. The molecule has 2 heteroatoms. The van der Waals surface area contributed by atoms with Gasteiger partial charge in [0.1, 0.15) is 5.75 Å². The third kappa shape index (κ3) is 7.02. The van der Waals surface area contributed by atoms with Crippen molar-refractivity contribution in [1.82, 2.24) is 5.32 Å². The lowest BCUT2D eigenvalue weighted by Gasteiger charge is -2.20. The van der Waals surface area contributed by atoms with Gasteiger partial charge in [-0.3, -0.25) is 0 Å². The molecule has 0 aliphatic carbocycles. The minimum Gasteiger partial charge on any atom is -0.493 e. The Morgan fingerprint density at radius 2 is 1.95 bits per heavy atom. The molecular weight excluding hydrogens is 234 g/mol. The summed E-state index contributed by atoms with van der Waals surface area (Å²) < 4.78 is 5.85. The first kappa shape index (κ1) is 15.8. The molecule has 0 amide bonds. The van der Waals surface area contributed by atoms with Gasteiger partial charge in [-0.15, -0.1) is 6.58 Å². The van der Waals surface area contributed by atoms with Crippen LogP contribution in [-0.2, 0) is 6.42 Å². The Morgan fingerprint density at radius 3 is 2.63 bits per heavy atom. The number of allylic oxidation sites excluding steroid dienone is 1. The van der Waals surface area contributed by atoms with E-state index in [1.807, 2.05) is 24.3 Å². The quantitative estimate of drug-likeness (QED) is 0.565. The Hall–Kier alpha value is -1.28. The van der Waals surface area contributed by atoms with Gasteiger partial charge in [0.15, 0.2) is 0 Å². The van der Waals surface area contributed by atoms with Gasteiger partial charge < -0.3 is 10.1 Å². The summed E-state index contributed by atoms with van der Waals surface area (Å²) in [5.41, 5.74) is 1.42. The van der Waals surface area contributed by atoms with Crippen LogP contribution in [0, 0.1) is 0 Å². The van der Waals surface area contributed by atoms with E-state index in [0.717, 1.165) is 38.2 Å². The Balaban J connectivity index is 2.24. The smallest absolute Gasteiger partial charge is 0.122 e. The van der Waals surface area contributed by atoms with Crippen LogP contribution in [0.2, 0.25) is 0 Å². The van der Waals surface area contributed by atoms with E-state index < -0.39 is 0 Å².